The van der Waals surface area contributed by atoms with Gasteiger partial charge in [0.05, 0.1) is 6.61 Å². The van der Waals surface area contributed by atoms with Gasteiger partial charge in [-0.3, -0.25) is 0 Å². The molecule has 2 unspecified atom stereocenters. The minimum Gasteiger partial charge on any atom is -0.494 e. The molecule has 2 atom stereocenters. The number of fused-ring (bicyclic) bond motifs is 2. The van der Waals surface area contributed by atoms with Crippen molar-refractivity contribution in [3.8, 4) is 5.75 Å². The highest BCUT2D eigenvalue weighted by Gasteiger charge is 2.22. The molecule has 1 aliphatic heterocycles. The van der Waals surface area contributed by atoms with E-state index in [1.165, 1.54) is 16.8 Å². The molecular weight excluding hydrogens is 402 g/mol. The number of ether oxygens (including phenoxy) is 2. The third-order valence-electron chi connectivity index (χ3n) is 5.88. The first-order valence-electron chi connectivity index (χ1n) is 11.1. The predicted molar refractivity (Wildman–Crippen MR) is 126 cm³/mol. The minimum atomic E-state index is -0.938. The van der Waals surface area contributed by atoms with Gasteiger partial charge in [-0.2, -0.15) is 0 Å². The Morgan fingerprint density at radius 1 is 1.03 bits per heavy atom. The molecule has 0 spiro atoms. The number of nitrogens with one attached hydrogen (secondary N) is 1. The van der Waals surface area contributed by atoms with Crippen LogP contribution >= 0.6 is 0 Å². The summed E-state index contributed by atoms with van der Waals surface area (Å²) in [7, 11) is 0. The quantitative estimate of drug-likeness (QED) is 0.464. The largest absolute Gasteiger partial charge is 0.494 e. The van der Waals surface area contributed by atoms with Gasteiger partial charge < -0.3 is 19.9 Å². The summed E-state index contributed by atoms with van der Waals surface area (Å²) >= 11 is 0. The maximum atomic E-state index is 11.3. The average Bonchev–Trinajstić information content (AvgIpc) is 2.96. The molecule has 0 amide bonds. The van der Waals surface area contributed by atoms with E-state index in [0.717, 1.165) is 29.8 Å². The molecule has 166 valence electrons. The molecule has 5 heteroatoms. The van der Waals surface area contributed by atoms with Crippen LogP contribution in [0.15, 0.2) is 72.8 Å². The van der Waals surface area contributed by atoms with E-state index < -0.39 is 12.1 Å². The minimum absolute atomic E-state index is 0.342. The van der Waals surface area contributed by atoms with Gasteiger partial charge in [-0.15, -0.1) is 0 Å². The molecule has 0 aliphatic carbocycles. The monoisotopic (exact) mass is 431 g/mol. The van der Waals surface area contributed by atoms with Crippen molar-refractivity contribution in [2.24, 2.45) is 0 Å². The highest BCUT2D eigenvalue weighted by atomic mass is 16.5. The number of aliphatic carboxylic acids is 1. The SMILES string of the molecule is CCOC(Cc1ccc(OCCC2Cc3ccccc3Nc3ccccc32)cc1)C(=O)O. The van der Waals surface area contributed by atoms with E-state index in [1.807, 2.05) is 24.3 Å². The highest BCUT2D eigenvalue weighted by Crippen LogP contribution is 2.37. The lowest BCUT2D eigenvalue weighted by Gasteiger charge is -2.18. The van der Waals surface area contributed by atoms with Gasteiger partial charge in [0, 0.05) is 24.4 Å². The summed E-state index contributed by atoms with van der Waals surface area (Å²) in [4.78, 5) is 11.3. The van der Waals surface area contributed by atoms with Gasteiger partial charge in [0.25, 0.3) is 0 Å². The standard InChI is InChI=1S/C27H29NO4/c1-2-31-26(27(29)30)17-19-11-13-22(14-12-19)32-16-15-20-18-21-7-3-5-9-24(21)28-25-10-6-4-8-23(20)25/h3-14,20,26,28H,2,15-18H2,1H3,(H,29,30). The van der Waals surface area contributed by atoms with Gasteiger partial charge in [-0.1, -0.05) is 48.5 Å². The van der Waals surface area contributed by atoms with Crippen molar-refractivity contribution in [3.05, 3.63) is 89.5 Å². The lowest BCUT2D eigenvalue weighted by atomic mass is 9.89. The third-order valence-corrected chi connectivity index (χ3v) is 5.88. The van der Waals surface area contributed by atoms with E-state index in [2.05, 4.69) is 53.8 Å². The fraction of sp³-hybridized carbons (Fsp3) is 0.296. The Morgan fingerprint density at radius 3 is 2.50 bits per heavy atom. The fourth-order valence-electron chi connectivity index (χ4n) is 4.24. The summed E-state index contributed by atoms with van der Waals surface area (Å²) in [6.45, 7) is 2.79. The third kappa shape index (κ3) is 5.29. The summed E-state index contributed by atoms with van der Waals surface area (Å²) in [6.07, 6.45) is 1.39. The molecule has 3 aromatic rings. The topological polar surface area (TPSA) is 67.8 Å². The Balaban J connectivity index is 1.38. The molecule has 3 aromatic carbocycles. The van der Waals surface area contributed by atoms with Gasteiger partial charge in [-0.25, -0.2) is 4.79 Å². The first-order chi connectivity index (χ1) is 15.6. The van der Waals surface area contributed by atoms with Gasteiger partial charge >= 0.3 is 5.97 Å². The molecule has 0 bridgehead atoms. The molecule has 32 heavy (non-hydrogen) atoms. The van der Waals surface area contributed by atoms with Crippen LogP contribution in [0.4, 0.5) is 11.4 Å². The number of hydrogen-bond acceptors (Lipinski definition) is 4. The van der Waals surface area contributed by atoms with Crippen molar-refractivity contribution in [1.29, 1.82) is 0 Å². The molecule has 1 aliphatic rings. The van der Waals surface area contributed by atoms with Crippen LogP contribution in [0.25, 0.3) is 0 Å². The molecule has 0 aromatic heterocycles. The maximum absolute atomic E-state index is 11.3. The Kier molecular flexibility index (Phi) is 7.07. The number of carbonyl (C=O) groups is 1. The number of para-hydroxylation sites is 2. The lowest BCUT2D eigenvalue weighted by molar-refractivity contribution is -0.149. The van der Waals surface area contributed by atoms with Crippen LogP contribution in [0.3, 0.4) is 0 Å². The zero-order valence-corrected chi connectivity index (χ0v) is 18.3. The number of rotatable bonds is 9. The molecule has 0 saturated carbocycles. The summed E-state index contributed by atoms with van der Waals surface area (Å²) in [5.41, 5.74) is 5.89. The van der Waals surface area contributed by atoms with E-state index in [1.54, 1.807) is 6.92 Å². The Hall–Kier alpha value is -3.31. The number of benzene rings is 3. The molecule has 0 fully saturated rings. The summed E-state index contributed by atoms with van der Waals surface area (Å²) in [5.74, 6) is 0.216. The van der Waals surface area contributed by atoms with Crippen molar-refractivity contribution in [1.82, 2.24) is 0 Å². The average molecular weight is 432 g/mol. The van der Waals surface area contributed by atoms with E-state index in [4.69, 9.17) is 9.47 Å². The van der Waals surface area contributed by atoms with Crippen molar-refractivity contribution in [2.75, 3.05) is 18.5 Å². The van der Waals surface area contributed by atoms with Crippen LogP contribution in [0.5, 0.6) is 5.75 Å². The van der Waals surface area contributed by atoms with Gasteiger partial charge in [0.15, 0.2) is 6.10 Å². The van der Waals surface area contributed by atoms with Crippen LogP contribution in [0.1, 0.15) is 36.0 Å². The fourth-order valence-corrected chi connectivity index (χ4v) is 4.24. The summed E-state index contributed by atoms with van der Waals surface area (Å²) < 4.78 is 11.3. The van der Waals surface area contributed by atoms with E-state index >= 15 is 0 Å². The molecular formula is C27H29NO4. The second kappa shape index (κ2) is 10.3. The highest BCUT2D eigenvalue weighted by molar-refractivity contribution is 5.72. The van der Waals surface area contributed by atoms with E-state index in [9.17, 15) is 9.90 Å². The Bertz CT molecular complexity index is 1050. The maximum Gasteiger partial charge on any atom is 0.333 e. The van der Waals surface area contributed by atoms with Crippen LogP contribution in [-0.2, 0) is 22.4 Å². The summed E-state index contributed by atoms with van der Waals surface area (Å²) in [6, 6.07) is 24.6. The second-order valence-electron chi connectivity index (χ2n) is 8.04. The Labute approximate surface area is 189 Å². The molecule has 0 saturated heterocycles. The second-order valence-corrected chi connectivity index (χ2v) is 8.04. The number of carboxylic acids is 1. The van der Waals surface area contributed by atoms with Crippen LogP contribution < -0.4 is 10.1 Å². The number of anilines is 2. The van der Waals surface area contributed by atoms with Crippen LogP contribution in [0.2, 0.25) is 0 Å². The van der Waals surface area contributed by atoms with Crippen molar-refractivity contribution in [3.63, 3.8) is 0 Å². The van der Waals surface area contributed by atoms with Crippen LogP contribution in [-0.4, -0.2) is 30.4 Å². The summed E-state index contributed by atoms with van der Waals surface area (Å²) in [5, 5.41) is 12.8. The number of carboxylic acid groups (broad SMARTS) is 1. The molecule has 1 heterocycles. The molecule has 4 rings (SSSR count). The zero-order chi connectivity index (χ0) is 22.3. The Morgan fingerprint density at radius 2 is 1.75 bits per heavy atom. The number of hydrogen-bond donors (Lipinski definition) is 2. The van der Waals surface area contributed by atoms with E-state index in [-0.39, 0.29) is 0 Å². The van der Waals surface area contributed by atoms with Crippen molar-refractivity contribution in [2.45, 2.75) is 38.2 Å². The van der Waals surface area contributed by atoms with Gasteiger partial charge in [-0.05, 0) is 66.6 Å². The first kappa shape index (κ1) is 21.9. The van der Waals surface area contributed by atoms with Gasteiger partial charge in [0.1, 0.15) is 5.75 Å². The van der Waals surface area contributed by atoms with Crippen LogP contribution in [0, 0.1) is 0 Å². The predicted octanol–water partition coefficient (Wildman–Crippen LogP) is 5.57. The van der Waals surface area contributed by atoms with Crippen molar-refractivity contribution >= 4 is 17.3 Å². The zero-order valence-electron chi connectivity index (χ0n) is 18.3. The normalized spacial score (nSPS) is 15.6. The first-order valence-corrected chi connectivity index (χ1v) is 11.1. The lowest BCUT2D eigenvalue weighted by Crippen LogP contribution is -2.26. The smallest absolute Gasteiger partial charge is 0.333 e. The van der Waals surface area contributed by atoms with E-state index in [0.29, 0.717) is 25.6 Å². The molecule has 5 nitrogen and oxygen atoms in total. The molecule has 0 radical (unpaired) electrons. The van der Waals surface area contributed by atoms with Crippen molar-refractivity contribution < 1.29 is 19.4 Å². The van der Waals surface area contributed by atoms with Gasteiger partial charge in [0.2, 0.25) is 0 Å². The molecule has 2 N–H and O–H groups in total.